The first-order valence-corrected chi connectivity index (χ1v) is 18.5. The van der Waals surface area contributed by atoms with E-state index in [0.717, 1.165) is 33.6 Å². The molecule has 276 valence electrons. The summed E-state index contributed by atoms with van der Waals surface area (Å²) in [5.74, 6) is -0.708. The van der Waals surface area contributed by atoms with Crippen LogP contribution in [0, 0.1) is 0 Å². The van der Waals surface area contributed by atoms with Gasteiger partial charge in [0.1, 0.15) is 30.2 Å². The Morgan fingerprint density at radius 1 is 0.736 bits per heavy atom. The zero-order valence-electron chi connectivity index (χ0n) is 29.8. The van der Waals surface area contributed by atoms with Gasteiger partial charge in [0.2, 0.25) is 5.79 Å². The Balaban J connectivity index is 1.32. The number of aliphatic hydroxyl groups excluding tert-OH is 1. The molecule has 2 heterocycles. The van der Waals surface area contributed by atoms with E-state index in [1.165, 1.54) is 0 Å². The van der Waals surface area contributed by atoms with Gasteiger partial charge in [-0.15, -0.1) is 0 Å². The van der Waals surface area contributed by atoms with Crippen molar-refractivity contribution < 1.29 is 33.5 Å². The van der Waals surface area contributed by atoms with E-state index in [2.05, 4.69) is 0 Å². The molecule has 3 N–H and O–H groups in total. The van der Waals surface area contributed by atoms with E-state index in [9.17, 15) is 5.11 Å². The third-order valence-electron chi connectivity index (χ3n) is 10.0. The Morgan fingerprint density at radius 3 is 1.87 bits per heavy atom. The van der Waals surface area contributed by atoms with Crippen LogP contribution in [-0.4, -0.2) is 54.9 Å². The second-order valence-corrected chi connectivity index (χ2v) is 13.9. The minimum absolute atomic E-state index is 0.0158. The average Bonchev–Trinajstić information content (AvgIpc) is 3.57. The van der Waals surface area contributed by atoms with E-state index in [1.54, 1.807) is 0 Å². The first kappa shape index (κ1) is 37.2. The summed E-state index contributed by atoms with van der Waals surface area (Å²) >= 11 is 6.87. The normalized spacial score (nSPS) is 24.2. The molecule has 2 aliphatic rings. The van der Waals surface area contributed by atoms with Crippen LogP contribution in [0.15, 0.2) is 133 Å². The quantitative estimate of drug-likeness (QED) is 0.109. The molecule has 0 spiro atoms. The molecule has 1 unspecified atom stereocenters. The van der Waals surface area contributed by atoms with E-state index < -0.39 is 35.8 Å². The summed E-state index contributed by atoms with van der Waals surface area (Å²) in [5, 5.41) is 12.4. The van der Waals surface area contributed by atoms with E-state index in [4.69, 9.17) is 45.8 Å². The fraction of sp³-hybridized carbons (Fsp3) is 0.318. The fourth-order valence-corrected chi connectivity index (χ4v) is 7.46. The highest BCUT2D eigenvalue weighted by Crippen LogP contribution is 2.54. The molecule has 0 amide bonds. The predicted molar refractivity (Wildman–Crippen MR) is 203 cm³/mol. The summed E-state index contributed by atoms with van der Waals surface area (Å²) < 4.78 is 40.2. The lowest BCUT2D eigenvalue weighted by Crippen LogP contribution is -2.70. The number of hydrogen-bond acceptors (Lipinski definition) is 8. The van der Waals surface area contributed by atoms with Crippen molar-refractivity contribution in [2.45, 2.75) is 69.0 Å². The molecule has 5 aromatic rings. The van der Waals surface area contributed by atoms with Crippen LogP contribution >= 0.6 is 11.6 Å². The molecule has 7 rings (SSSR count). The molecule has 0 radical (unpaired) electrons. The first-order valence-electron chi connectivity index (χ1n) is 18.1. The van der Waals surface area contributed by atoms with Crippen molar-refractivity contribution in [3.63, 3.8) is 0 Å². The first-order chi connectivity index (χ1) is 25.9. The fourth-order valence-electron chi connectivity index (χ4n) is 7.27. The summed E-state index contributed by atoms with van der Waals surface area (Å²) in [6.45, 7) is 3.20. The van der Waals surface area contributed by atoms with Gasteiger partial charge < -0.3 is 39.3 Å². The third kappa shape index (κ3) is 8.06. The van der Waals surface area contributed by atoms with Crippen LogP contribution in [0.5, 0.6) is 5.75 Å². The van der Waals surface area contributed by atoms with Crippen LogP contribution < -0.4 is 10.5 Å². The van der Waals surface area contributed by atoms with Crippen LogP contribution in [-0.2, 0) is 55.7 Å². The molecule has 6 atom stereocenters. The highest BCUT2D eigenvalue weighted by molar-refractivity contribution is 6.31. The van der Waals surface area contributed by atoms with Gasteiger partial charge in [0.05, 0.1) is 33.0 Å². The third-order valence-corrected chi connectivity index (χ3v) is 10.4. The highest BCUT2D eigenvalue weighted by Gasteiger charge is 2.71. The maximum absolute atomic E-state index is 11.8. The minimum atomic E-state index is -1.52. The van der Waals surface area contributed by atoms with Crippen LogP contribution in [0.1, 0.15) is 40.3 Å². The van der Waals surface area contributed by atoms with E-state index >= 15 is 0 Å². The highest BCUT2D eigenvalue weighted by atomic mass is 35.5. The van der Waals surface area contributed by atoms with Crippen molar-refractivity contribution in [1.82, 2.24) is 0 Å². The molecular formula is C44H46ClNO7. The smallest absolute Gasteiger partial charge is 0.225 e. The Hall–Kier alpha value is -4.09. The van der Waals surface area contributed by atoms with Gasteiger partial charge in [-0.05, 0) is 65.4 Å². The molecule has 53 heavy (non-hydrogen) atoms. The van der Waals surface area contributed by atoms with Crippen molar-refractivity contribution in [3.8, 4) is 5.75 Å². The van der Waals surface area contributed by atoms with Crippen LogP contribution in [0.4, 0.5) is 0 Å². The second-order valence-electron chi connectivity index (χ2n) is 13.5. The predicted octanol–water partition coefficient (Wildman–Crippen LogP) is 7.36. The molecule has 2 fully saturated rings. The van der Waals surface area contributed by atoms with Gasteiger partial charge in [-0.3, -0.25) is 0 Å². The molecule has 2 saturated heterocycles. The van der Waals surface area contributed by atoms with Gasteiger partial charge in [-0.2, -0.15) is 0 Å². The second kappa shape index (κ2) is 16.9. The summed E-state index contributed by atoms with van der Waals surface area (Å²) in [7, 11) is 0. The monoisotopic (exact) mass is 735 g/mol. The Bertz CT molecular complexity index is 1900. The van der Waals surface area contributed by atoms with Crippen molar-refractivity contribution >= 4 is 11.6 Å². The number of halogens is 1. The summed E-state index contributed by atoms with van der Waals surface area (Å²) in [4.78, 5) is 0. The average molecular weight is 736 g/mol. The topological polar surface area (TPSA) is 102 Å². The lowest BCUT2D eigenvalue weighted by molar-refractivity contribution is -0.359. The van der Waals surface area contributed by atoms with Crippen molar-refractivity contribution in [2.75, 3.05) is 19.8 Å². The van der Waals surface area contributed by atoms with Crippen molar-refractivity contribution in [2.24, 2.45) is 5.73 Å². The molecule has 5 aromatic carbocycles. The van der Waals surface area contributed by atoms with Gasteiger partial charge in [-0.1, -0.05) is 121 Å². The van der Waals surface area contributed by atoms with E-state index in [-0.39, 0.29) is 33.0 Å². The zero-order chi connectivity index (χ0) is 36.7. The molecule has 9 heteroatoms. The lowest BCUT2D eigenvalue weighted by Gasteiger charge is -2.52. The maximum atomic E-state index is 11.8. The molecule has 2 aliphatic heterocycles. The van der Waals surface area contributed by atoms with Crippen molar-refractivity contribution in [3.05, 3.63) is 172 Å². The van der Waals surface area contributed by atoms with E-state index in [0.29, 0.717) is 23.6 Å². The number of fused-ring (bicyclic) bond motifs is 2. The number of aliphatic hydroxyl groups is 1. The molecule has 0 aliphatic carbocycles. The lowest BCUT2D eigenvalue weighted by atomic mass is 9.79. The molecule has 8 nitrogen and oxygen atoms in total. The number of nitrogens with two attached hydrogens (primary N) is 1. The van der Waals surface area contributed by atoms with Gasteiger partial charge in [0.25, 0.3) is 0 Å². The zero-order valence-corrected chi connectivity index (χ0v) is 30.6. The van der Waals surface area contributed by atoms with E-state index in [1.807, 2.05) is 140 Å². The minimum Gasteiger partial charge on any atom is -0.494 e. The summed E-state index contributed by atoms with van der Waals surface area (Å²) in [5.41, 5.74) is 10.4. The van der Waals surface area contributed by atoms with Crippen LogP contribution in [0.2, 0.25) is 5.02 Å². The van der Waals surface area contributed by atoms with Gasteiger partial charge in [-0.25, -0.2) is 0 Å². The Kier molecular flexibility index (Phi) is 11.9. The van der Waals surface area contributed by atoms with Crippen LogP contribution in [0.25, 0.3) is 0 Å². The number of rotatable bonds is 16. The Morgan fingerprint density at radius 2 is 1.30 bits per heavy atom. The number of ether oxygens (including phenoxy) is 6. The van der Waals surface area contributed by atoms with Gasteiger partial charge >= 0.3 is 0 Å². The SMILES string of the molecule is CCOc1ccc(Cc2cc([C@]34OC[C@](C(O)CN)(O3)[C@H](OCc3ccccc3)[C@H](OCc3ccccc3)[C@H]4OCc3ccccc3)ccc2Cl)cc1. The molecule has 0 aromatic heterocycles. The summed E-state index contributed by atoms with van der Waals surface area (Å²) in [6.07, 6.45) is -3.06. The van der Waals surface area contributed by atoms with Crippen LogP contribution in [0.3, 0.4) is 0 Å². The number of benzene rings is 5. The van der Waals surface area contributed by atoms with Gasteiger partial charge in [0, 0.05) is 17.1 Å². The Labute approximate surface area is 316 Å². The molecule has 2 bridgehead atoms. The molecular weight excluding hydrogens is 690 g/mol. The van der Waals surface area contributed by atoms with Crippen molar-refractivity contribution in [1.29, 1.82) is 0 Å². The number of hydrogen-bond donors (Lipinski definition) is 2. The molecule has 0 saturated carbocycles. The van der Waals surface area contributed by atoms with Gasteiger partial charge in [0.15, 0.2) is 5.60 Å². The maximum Gasteiger partial charge on any atom is 0.225 e. The largest absolute Gasteiger partial charge is 0.494 e. The standard InChI is InChI=1S/C44H46ClNO7/c1-2-48-37-21-18-31(19-22-37)24-35-25-36(20-23-38(35)45)44-42(51-29-34-16-10-5-11-17-34)40(49-27-32-12-6-3-7-13-32)41(50-28-33-14-8-4-9-15-33)43(53-44,30-52-44)39(47)26-46/h3-23,25,39-42,47H,2,24,26-30,46H2,1H3/t39?,40-,41+,42+,43+,44-/m0/s1. The summed E-state index contributed by atoms with van der Waals surface area (Å²) in [6, 6.07) is 43.5.